The minimum atomic E-state index is -3.31. The van der Waals surface area contributed by atoms with Crippen LogP contribution >= 0.6 is 0 Å². The van der Waals surface area contributed by atoms with E-state index in [1.807, 2.05) is 6.07 Å². The maximum atomic E-state index is 14.3. The molecule has 0 bridgehead atoms. The molecule has 8 heteroatoms. The number of benzene rings is 2. The number of carbonyl (C=O) groups excluding carboxylic acids is 1. The molecule has 29 heavy (non-hydrogen) atoms. The van der Waals surface area contributed by atoms with Crippen LogP contribution in [0, 0.1) is 17.6 Å². The molecule has 0 aromatic heterocycles. The van der Waals surface area contributed by atoms with Gasteiger partial charge in [0.2, 0.25) is 15.9 Å². The van der Waals surface area contributed by atoms with Gasteiger partial charge in [-0.25, -0.2) is 21.9 Å². The van der Waals surface area contributed by atoms with E-state index >= 15 is 0 Å². The van der Waals surface area contributed by atoms with Gasteiger partial charge in [-0.3, -0.25) is 4.79 Å². The highest BCUT2D eigenvalue weighted by atomic mass is 32.2. The Morgan fingerprint density at radius 2 is 1.83 bits per heavy atom. The summed E-state index contributed by atoms with van der Waals surface area (Å²) in [7, 11) is -3.31. The number of hydrogen-bond acceptors (Lipinski definition) is 3. The Hall–Kier alpha value is -2.32. The fourth-order valence-electron chi connectivity index (χ4n) is 4.02. The molecule has 3 atom stereocenters. The van der Waals surface area contributed by atoms with Crippen LogP contribution in [0.25, 0.3) is 11.1 Å². The molecule has 1 saturated carbocycles. The highest BCUT2D eigenvalue weighted by molar-refractivity contribution is 7.88. The Kier molecular flexibility index (Phi) is 5.16. The Labute approximate surface area is 168 Å². The SMILES string of the molecule is CS(=O)(=O)NC[C@@H]1CCN1C(=O)[C@@H]1C[C@H]1c1ccccc1-c1c(F)cccc1F. The summed E-state index contributed by atoms with van der Waals surface area (Å²) in [6.07, 6.45) is 2.46. The van der Waals surface area contributed by atoms with Crippen molar-refractivity contribution in [3.8, 4) is 11.1 Å². The van der Waals surface area contributed by atoms with Crippen molar-refractivity contribution in [3.63, 3.8) is 0 Å². The smallest absolute Gasteiger partial charge is 0.226 e. The van der Waals surface area contributed by atoms with Crippen LogP contribution in [0.2, 0.25) is 0 Å². The van der Waals surface area contributed by atoms with Gasteiger partial charge in [-0.15, -0.1) is 0 Å². The third-order valence-corrected chi connectivity index (χ3v) is 6.40. The molecule has 1 aliphatic heterocycles. The number of nitrogens with zero attached hydrogens (tertiary/aromatic N) is 1. The zero-order chi connectivity index (χ0) is 20.8. The predicted octanol–water partition coefficient (Wildman–Crippen LogP) is 2.89. The van der Waals surface area contributed by atoms with Crippen LogP contribution in [0.4, 0.5) is 8.78 Å². The number of amides is 1. The number of hydrogen-bond donors (Lipinski definition) is 1. The van der Waals surface area contributed by atoms with Gasteiger partial charge in [0.15, 0.2) is 0 Å². The largest absolute Gasteiger partial charge is 0.338 e. The molecule has 154 valence electrons. The Morgan fingerprint density at radius 3 is 2.45 bits per heavy atom. The Bertz CT molecular complexity index is 1040. The Morgan fingerprint density at radius 1 is 1.14 bits per heavy atom. The van der Waals surface area contributed by atoms with Gasteiger partial charge in [0.25, 0.3) is 0 Å². The van der Waals surface area contributed by atoms with Crippen LogP contribution in [-0.4, -0.2) is 44.6 Å². The molecule has 1 heterocycles. The van der Waals surface area contributed by atoms with Crippen molar-refractivity contribution >= 4 is 15.9 Å². The van der Waals surface area contributed by atoms with Gasteiger partial charge in [0, 0.05) is 25.0 Å². The van der Waals surface area contributed by atoms with E-state index in [9.17, 15) is 22.0 Å². The van der Waals surface area contributed by atoms with Gasteiger partial charge >= 0.3 is 0 Å². The van der Waals surface area contributed by atoms with Crippen LogP contribution in [-0.2, 0) is 14.8 Å². The maximum absolute atomic E-state index is 14.3. The van der Waals surface area contributed by atoms with E-state index in [0.717, 1.165) is 18.2 Å². The maximum Gasteiger partial charge on any atom is 0.226 e. The van der Waals surface area contributed by atoms with E-state index in [4.69, 9.17) is 0 Å². The summed E-state index contributed by atoms with van der Waals surface area (Å²) >= 11 is 0. The molecule has 2 fully saturated rings. The number of likely N-dealkylation sites (tertiary alicyclic amines) is 1. The van der Waals surface area contributed by atoms with Crippen molar-refractivity contribution in [2.75, 3.05) is 19.3 Å². The molecule has 0 spiro atoms. The highest BCUT2D eigenvalue weighted by Crippen LogP contribution is 2.52. The zero-order valence-electron chi connectivity index (χ0n) is 15.9. The molecule has 5 nitrogen and oxygen atoms in total. The number of sulfonamides is 1. The van der Waals surface area contributed by atoms with Crippen molar-refractivity contribution in [1.82, 2.24) is 9.62 Å². The molecule has 1 saturated heterocycles. The van der Waals surface area contributed by atoms with Crippen molar-refractivity contribution in [2.24, 2.45) is 5.92 Å². The monoisotopic (exact) mass is 420 g/mol. The lowest BCUT2D eigenvalue weighted by Crippen LogP contribution is -2.56. The van der Waals surface area contributed by atoms with Gasteiger partial charge in [0.05, 0.1) is 11.8 Å². The van der Waals surface area contributed by atoms with E-state index in [-0.39, 0.29) is 35.9 Å². The lowest BCUT2D eigenvalue weighted by atomic mass is 9.94. The van der Waals surface area contributed by atoms with E-state index in [0.29, 0.717) is 18.5 Å². The molecule has 2 aliphatic rings. The zero-order valence-corrected chi connectivity index (χ0v) is 16.8. The summed E-state index contributed by atoms with van der Waals surface area (Å²) in [5, 5.41) is 0. The second-order valence-corrected chi connectivity index (χ2v) is 9.56. The van der Waals surface area contributed by atoms with Gasteiger partial charge < -0.3 is 4.90 Å². The van der Waals surface area contributed by atoms with Gasteiger partial charge in [-0.1, -0.05) is 30.3 Å². The van der Waals surface area contributed by atoms with E-state index in [1.165, 1.54) is 18.2 Å². The molecule has 4 rings (SSSR count). The minimum Gasteiger partial charge on any atom is -0.338 e. The van der Waals surface area contributed by atoms with E-state index in [1.54, 1.807) is 23.1 Å². The lowest BCUT2D eigenvalue weighted by molar-refractivity contribution is -0.140. The highest BCUT2D eigenvalue weighted by Gasteiger charge is 2.49. The summed E-state index contributed by atoms with van der Waals surface area (Å²) in [6.45, 7) is 0.806. The summed E-state index contributed by atoms with van der Waals surface area (Å²) in [5.74, 6) is -1.62. The van der Waals surface area contributed by atoms with Gasteiger partial charge in [-0.2, -0.15) is 0 Å². The number of rotatable bonds is 6. The van der Waals surface area contributed by atoms with E-state index < -0.39 is 21.7 Å². The quantitative estimate of drug-likeness (QED) is 0.782. The number of nitrogens with one attached hydrogen (secondary N) is 1. The fraction of sp³-hybridized carbons (Fsp3) is 0.381. The van der Waals surface area contributed by atoms with Crippen molar-refractivity contribution in [1.29, 1.82) is 0 Å². The third kappa shape index (κ3) is 4.04. The Balaban J connectivity index is 1.51. The van der Waals surface area contributed by atoms with Crippen LogP contribution in [0.15, 0.2) is 42.5 Å². The van der Waals surface area contributed by atoms with E-state index in [2.05, 4.69) is 4.72 Å². The number of halogens is 2. The molecule has 1 N–H and O–H groups in total. The summed E-state index contributed by atoms with van der Waals surface area (Å²) in [5.41, 5.74) is 1.17. The topological polar surface area (TPSA) is 66.5 Å². The standard InChI is InChI=1S/C21H22F2N2O3S/c1-29(27,28)24-12-13-9-10-25(13)21(26)17-11-16(17)14-5-2-3-6-15(14)20-18(22)7-4-8-19(20)23/h2-8,13,16-17,24H,9-12H2,1H3/t13-,16-,17+/m0/s1. The first-order valence-corrected chi connectivity index (χ1v) is 11.4. The molecule has 1 amide bonds. The predicted molar refractivity (Wildman–Crippen MR) is 106 cm³/mol. The van der Waals surface area contributed by atoms with Crippen LogP contribution < -0.4 is 4.72 Å². The molecule has 1 aliphatic carbocycles. The van der Waals surface area contributed by atoms with Crippen molar-refractivity contribution < 1.29 is 22.0 Å². The first kappa shape index (κ1) is 20.0. The third-order valence-electron chi connectivity index (χ3n) is 5.71. The number of carbonyl (C=O) groups is 1. The molecule has 2 aromatic carbocycles. The average Bonchev–Trinajstić information content (AvgIpc) is 3.41. The lowest BCUT2D eigenvalue weighted by Gasteiger charge is -2.41. The first-order valence-electron chi connectivity index (χ1n) is 9.54. The van der Waals surface area contributed by atoms with Crippen molar-refractivity contribution in [3.05, 3.63) is 59.7 Å². The normalized spacial score (nSPS) is 23.6. The summed E-state index contributed by atoms with van der Waals surface area (Å²) in [4.78, 5) is 14.6. The molecule has 0 radical (unpaired) electrons. The van der Waals surface area contributed by atoms with Crippen molar-refractivity contribution in [2.45, 2.75) is 24.8 Å². The van der Waals surface area contributed by atoms with Gasteiger partial charge in [0.1, 0.15) is 11.6 Å². The second kappa shape index (κ2) is 7.50. The van der Waals surface area contributed by atoms with Gasteiger partial charge in [-0.05, 0) is 42.0 Å². The summed E-state index contributed by atoms with van der Waals surface area (Å²) < 4.78 is 53.6. The second-order valence-electron chi connectivity index (χ2n) is 7.73. The summed E-state index contributed by atoms with van der Waals surface area (Å²) in [6, 6.07) is 10.7. The first-order chi connectivity index (χ1) is 13.8. The van der Waals surface area contributed by atoms with Crippen LogP contribution in [0.3, 0.4) is 0 Å². The minimum absolute atomic E-state index is 0.0228. The average molecular weight is 420 g/mol. The molecular weight excluding hydrogens is 398 g/mol. The molecule has 0 unspecified atom stereocenters. The molecular formula is C21H22F2N2O3S. The van der Waals surface area contributed by atoms with Crippen LogP contribution in [0.5, 0.6) is 0 Å². The molecule has 2 aromatic rings. The fourth-order valence-corrected chi connectivity index (χ4v) is 4.51. The van der Waals surface area contributed by atoms with Crippen LogP contribution in [0.1, 0.15) is 24.3 Å².